The molecular weight excluding hydrogens is 364 g/mol. The number of hydrazone groups is 1. The van der Waals surface area contributed by atoms with Crippen molar-refractivity contribution >= 4 is 12.1 Å². The molecule has 5 nitrogen and oxygen atoms in total. The molecule has 156 valence electrons. The molecule has 0 atom stereocenters. The first-order chi connectivity index (χ1) is 13.3. The summed E-state index contributed by atoms with van der Waals surface area (Å²) in [6.45, 7) is 14.3. The first-order valence-corrected chi connectivity index (χ1v) is 9.70. The van der Waals surface area contributed by atoms with Crippen LogP contribution < -0.4 is 10.2 Å². The van der Waals surface area contributed by atoms with Crippen molar-refractivity contribution in [3.63, 3.8) is 0 Å². The number of hydrogen-bond donors (Lipinski definition) is 2. The summed E-state index contributed by atoms with van der Waals surface area (Å²) >= 11 is 0. The van der Waals surface area contributed by atoms with Gasteiger partial charge in [0.1, 0.15) is 11.5 Å². The molecule has 2 N–H and O–H groups in total. The van der Waals surface area contributed by atoms with Gasteiger partial charge in [-0.05, 0) is 53.1 Å². The maximum absolute atomic E-state index is 12.5. The maximum atomic E-state index is 12.5. The second kappa shape index (κ2) is 8.27. The molecule has 2 aromatic carbocycles. The van der Waals surface area contributed by atoms with Crippen LogP contribution in [-0.4, -0.2) is 24.3 Å². The first-order valence-electron chi connectivity index (χ1n) is 9.70. The van der Waals surface area contributed by atoms with E-state index < -0.39 is 0 Å². The molecule has 0 saturated heterocycles. The minimum atomic E-state index is -0.344. The molecule has 0 aromatic heterocycles. The van der Waals surface area contributed by atoms with Gasteiger partial charge in [-0.2, -0.15) is 5.10 Å². The molecule has 0 fully saturated rings. The van der Waals surface area contributed by atoms with Gasteiger partial charge in [0.2, 0.25) is 0 Å². The molecule has 0 unspecified atom stereocenters. The Morgan fingerprint density at radius 3 is 2.07 bits per heavy atom. The van der Waals surface area contributed by atoms with Crippen LogP contribution in [0.15, 0.2) is 35.4 Å². The number of methoxy groups -OCH3 is 1. The van der Waals surface area contributed by atoms with Crippen molar-refractivity contribution in [1.29, 1.82) is 0 Å². The zero-order valence-electron chi connectivity index (χ0n) is 18.7. The Balaban J connectivity index is 2.34. The van der Waals surface area contributed by atoms with Crippen LogP contribution in [0.5, 0.6) is 11.5 Å². The Kier molecular flexibility index (Phi) is 6.41. The third kappa shape index (κ3) is 5.37. The molecule has 0 heterocycles. The van der Waals surface area contributed by atoms with Crippen LogP contribution in [-0.2, 0) is 10.8 Å². The van der Waals surface area contributed by atoms with E-state index in [9.17, 15) is 9.90 Å². The predicted molar refractivity (Wildman–Crippen MR) is 118 cm³/mol. The highest BCUT2D eigenvalue weighted by molar-refractivity contribution is 5.97. The van der Waals surface area contributed by atoms with Gasteiger partial charge in [-0.3, -0.25) is 4.79 Å². The number of rotatable bonds is 4. The maximum Gasteiger partial charge on any atom is 0.275 e. The summed E-state index contributed by atoms with van der Waals surface area (Å²) in [5, 5.41) is 14.9. The average molecular weight is 397 g/mol. The quantitative estimate of drug-likeness (QED) is 0.560. The molecule has 0 aliphatic carbocycles. The van der Waals surface area contributed by atoms with E-state index in [0.717, 1.165) is 22.3 Å². The number of hydrogen-bond acceptors (Lipinski definition) is 4. The van der Waals surface area contributed by atoms with E-state index in [2.05, 4.69) is 52.1 Å². The summed E-state index contributed by atoms with van der Waals surface area (Å²) in [7, 11) is 1.54. The first kappa shape index (κ1) is 22.5. The minimum Gasteiger partial charge on any atom is -0.507 e. The van der Waals surface area contributed by atoms with Crippen LogP contribution in [0.1, 0.15) is 74.2 Å². The van der Waals surface area contributed by atoms with Crippen LogP contribution in [0, 0.1) is 6.92 Å². The third-order valence-corrected chi connectivity index (χ3v) is 4.73. The molecule has 0 radical (unpaired) electrons. The molecule has 2 aromatic rings. The summed E-state index contributed by atoms with van der Waals surface area (Å²) < 4.78 is 5.29. The second-order valence-corrected chi connectivity index (χ2v) is 9.37. The van der Waals surface area contributed by atoms with E-state index in [4.69, 9.17) is 4.74 Å². The predicted octanol–water partition coefficient (Wildman–Crippen LogP) is 5.07. The van der Waals surface area contributed by atoms with Gasteiger partial charge in [0.05, 0.1) is 18.9 Å². The van der Waals surface area contributed by atoms with E-state index in [-0.39, 0.29) is 16.7 Å². The summed E-state index contributed by atoms with van der Waals surface area (Å²) in [5.74, 6) is 0.479. The van der Waals surface area contributed by atoms with Gasteiger partial charge in [0, 0.05) is 11.1 Å². The Morgan fingerprint density at radius 1 is 1.03 bits per heavy atom. The van der Waals surface area contributed by atoms with Crippen LogP contribution in [0.2, 0.25) is 0 Å². The normalized spacial score (nSPS) is 12.3. The summed E-state index contributed by atoms with van der Waals surface area (Å²) in [6.07, 6.45) is 1.60. The van der Waals surface area contributed by atoms with Gasteiger partial charge < -0.3 is 9.84 Å². The molecule has 0 aliphatic rings. The van der Waals surface area contributed by atoms with Gasteiger partial charge >= 0.3 is 0 Å². The molecular formula is C24H32N2O3. The fourth-order valence-electron chi connectivity index (χ4n) is 3.09. The number of amides is 1. The highest BCUT2D eigenvalue weighted by Gasteiger charge is 2.26. The number of nitrogens with zero attached hydrogens (tertiary/aromatic N) is 1. The van der Waals surface area contributed by atoms with Crippen LogP contribution in [0.3, 0.4) is 0 Å². The topological polar surface area (TPSA) is 70.9 Å². The van der Waals surface area contributed by atoms with Crippen molar-refractivity contribution in [2.75, 3.05) is 7.11 Å². The molecule has 5 heteroatoms. The molecule has 0 aliphatic heterocycles. The van der Waals surface area contributed by atoms with E-state index in [1.165, 1.54) is 7.11 Å². The van der Waals surface area contributed by atoms with Gasteiger partial charge in [0.25, 0.3) is 5.91 Å². The van der Waals surface area contributed by atoms with E-state index in [0.29, 0.717) is 17.1 Å². The minimum absolute atomic E-state index is 0.230. The Bertz CT molecular complexity index is 897. The Labute approximate surface area is 173 Å². The molecule has 1 amide bonds. The lowest BCUT2D eigenvalue weighted by Gasteiger charge is -2.27. The summed E-state index contributed by atoms with van der Waals surface area (Å²) in [6, 6.07) is 9.20. The molecule has 0 bridgehead atoms. The average Bonchev–Trinajstić information content (AvgIpc) is 2.60. The van der Waals surface area contributed by atoms with E-state index >= 15 is 0 Å². The standard InChI is InChI=1S/C24H32N2O3/c1-15-9-10-17(20(11-15)29-8)22(28)26-25-14-16-12-18(23(2,3)4)21(27)19(13-16)24(5,6)7/h9-14,27H,1-8H3,(H,26,28)/b25-14+. The fourth-order valence-corrected chi connectivity index (χ4v) is 3.09. The van der Waals surface area contributed by atoms with Crippen LogP contribution in [0.25, 0.3) is 0 Å². The number of ether oxygens (including phenoxy) is 1. The molecule has 0 saturated carbocycles. The van der Waals surface area contributed by atoms with E-state index in [1.807, 2.05) is 31.2 Å². The van der Waals surface area contributed by atoms with Crippen LogP contribution >= 0.6 is 0 Å². The molecule has 2 rings (SSSR count). The molecule has 0 spiro atoms. The fraction of sp³-hybridized carbons (Fsp3) is 0.417. The van der Waals surface area contributed by atoms with Crippen molar-refractivity contribution in [3.05, 3.63) is 58.1 Å². The van der Waals surface area contributed by atoms with Gasteiger partial charge in [-0.25, -0.2) is 5.43 Å². The highest BCUT2D eigenvalue weighted by Crippen LogP contribution is 2.39. The summed E-state index contributed by atoms with van der Waals surface area (Å²) in [4.78, 5) is 12.5. The smallest absolute Gasteiger partial charge is 0.275 e. The monoisotopic (exact) mass is 396 g/mol. The van der Waals surface area contributed by atoms with Crippen molar-refractivity contribution < 1.29 is 14.6 Å². The number of nitrogens with one attached hydrogen (secondary N) is 1. The Morgan fingerprint density at radius 2 is 1.59 bits per heavy atom. The zero-order valence-corrected chi connectivity index (χ0v) is 18.7. The zero-order chi connectivity index (χ0) is 22.0. The van der Waals surface area contributed by atoms with E-state index in [1.54, 1.807) is 12.3 Å². The SMILES string of the molecule is COc1cc(C)ccc1C(=O)N/N=C/c1cc(C(C)(C)C)c(O)c(C(C)(C)C)c1. The van der Waals surface area contributed by atoms with Gasteiger partial charge in [0.15, 0.2) is 0 Å². The Hall–Kier alpha value is -2.82. The highest BCUT2D eigenvalue weighted by atomic mass is 16.5. The summed E-state index contributed by atoms with van der Waals surface area (Å²) in [5.41, 5.74) is 6.04. The number of phenolic OH excluding ortho intramolecular Hbond substituents is 1. The lowest BCUT2D eigenvalue weighted by atomic mass is 9.78. The number of carbonyl (C=O) groups excluding carboxylic acids is 1. The third-order valence-electron chi connectivity index (χ3n) is 4.73. The lowest BCUT2D eigenvalue weighted by molar-refractivity contribution is 0.0952. The number of aromatic hydroxyl groups is 1. The lowest BCUT2D eigenvalue weighted by Crippen LogP contribution is -2.19. The largest absolute Gasteiger partial charge is 0.507 e. The van der Waals surface area contributed by atoms with Crippen molar-refractivity contribution in [3.8, 4) is 11.5 Å². The van der Waals surface area contributed by atoms with Crippen molar-refractivity contribution in [2.45, 2.75) is 59.3 Å². The second-order valence-electron chi connectivity index (χ2n) is 9.37. The van der Waals surface area contributed by atoms with Crippen molar-refractivity contribution in [1.82, 2.24) is 5.43 Å². The van der Waals surface area contributed by atoms with Crippen LogP contribution in [0.4, 0.5) is 0 Å². The van der Waals surface area contributed by atoms with Gasteiger partial charge in [-0.15, -0.1) is 0 Å². The number of carbonyl (C=O) groups is 1. The number of aryl methyl sites for hydroxylation is 1. The van der Waals surface area contributed by atoms with Crippen molar-refractivity contribution in [2.24, 2.45) is 5.10 Å². The molecule has 29 heavy (non-hydrogen) atoms. The number of benzene rings is 2. The van der Waals surface area contributed by atoms with Gasteiger partial charge in [-0.1, -0.05) is 47.6 Å². The number of phenols is 1.